The molecule has 0 bridgehead atoms. The topological polar surface area (TPSA) is 78.4 Å². The van der Waals surface area contributed by atoms with Crippen LogP contribution in [0.3, 0.4) is 0 Å². The Labute approximate surface area is 159 Å². The maximum Gasteiger partial charge on any atom is 0.253 e. The van der Waals surface area contributed by atoms with E-state index < -0.39 is 0 Å². The number of hydrogen-bond acceptors (Lipinski definition) is 5. The fourth-order valence-corrected chi connectivity index (χ4v) is 2.95. The van der Waals surface area contributed by atoms with Crippen LogP contribution in [0.2, 0.25) is 0 Å². The lowest BCUT2D eigenvalue weighted by Crippen LogP contribution is -2.49. The van der Waals surface area contributed by atoms with Gasteiger partial charge in [0.05, 0.1) is 0 Å². The molecule has 7 nitrogen and oxygen atoms in total. The minimum Gasteiger partial charge on any atom is -0.347 e. The van der Waals surface area contributed by atoms with Crippen LogP contribution in [0.25, 0.3) is 0 Å². The minimum absolute atomic E-state index is 0.0611. The van der Waals surface area contributed by atoms with Crippen molar-refractivity contribution < 1.29 is 9.59 Å². The first-order chi connectivity index (χ1) is 12.8. The van der Waals surface area contributed by atoms with Crippen molar-refractivity contribution >= 4 is 17.8 Å². The molecular weight excluding hydrogens is 342 g/mol. The van der Waals surface area contributed by atoms with Crippen molar-refractivity contribution in [2.24, 2.45) is 0 Å². The van der Waals surface area contributed by atoms with Crippen LogP contribution in [-0.2, 0) is 0 Å². The van der Waals surface area contributed by atoms with Gasteiger partial charge in [-0.1, -0.05) is 6.07 Å². The van der Waals surface area contributed by atoms with E-state index in [2.05, 4.69) is 20.2 Å². The molecule has 0 radical (unpaired) electrons. The molecule has 0 atom stereocenters. The standard InChI is InChI=1S/C20H25N5O2/c1-20(2,3)23-17(26)15-6-4-7-16(14-15)18(27)24-10-12-25(13-11-24)19-21-8-5-9-22-19/h4-9,14H,10-13H2,1-3H3,(H,23,26). The molecule has 1 aliphatic heterocycles. The van der Waals surface area contributed by atoms with Crippen LogP contribution < -0.4 is 10.2 Å². The summed E-state index contributed by atoms with van der Waals surface area (Å²) in [4.78, 5) is 37.6. The number of benzene rings is 1. The summed E-state index contributed by atoms with van der Waals surface area (Å²) in [6.45, 7) is 8.33. The average molecular weight is 367 g/mol. The number of piperazine rings is 1. The number of amides is 2. The molecule has 1 saturated heterocycles. The smallest absolute Gasteiger partial charge is 0.253 e. The van der Waals surface area contributed by atoms with Crippen molar-refractivity contribution in [1.29, 1.82) is 0 Å². The van der Waals surface area contributed by atoms with E-state index in [1.54, 1.807) is 47.6 Å². The highest BCUT2D eigenvalue weighted by Crippen LogP contribution is 2.14. The Hall–Kier alpha value is -2.96. The number of hydrogen-bond donors (Lipinski definition) is 1. The van der Waals surface area contributed by atoms with Crippen LogP contribution in [-0.4, -0.2) is 58.4 Å². The van der Waals surface area contributed by atoms with Gasteiger partial charge < -0.3 is 15.1 Å². The highest BCUT2D eigenvalue weighted by atomic mass is 16.2. The van der Waals surface area contributed by atoms with Gasteiger partial charge in [-0.2, -0.15) is 0 Å². The number of nitrogens with one attached hydrogen (secondary N) is 1. The van der Waals surface area contributed by atoms with Gasteiger partial charge in [0.2, 0.25) is 5.95 Å². The zero-order valence-corrected chi connectivity index (χ0v) is 16.0. The molecule has 2 aromatic rings. The molecule has 0 unspecified atom stereocenters. The van der Waals surface area contributed by atoms with Crippen molar-refractivity contribution in [2.45, 2.75) is 26.3 Å². The van der Waals surface area contributed by atoms with Gasteiger partial charge in [-0.15, -0.1) is 0 Å². The van der Waals surface area contributed by atoms with Gasteiger partial charge in [0, 0.05) is 55.2 Å². The van der Waals surface area contributed by atoms with Gasteiger partial charge >= 0.3 is 0 Å². The summed E-state index contributed by atoms with van der Waals surface area (Å²) in [6, 6.07) is 8.67. The SMILES string of the molecule is CC(C)(C)NC(=O)c1cccc(C(=O)N2CCN(c3ncccn3)CC2)c1. The number of carbonyl (C=O) groups is 2. The van der Waals surface area contributed by atoms with Crippen LogP contribution in [0.1, 0.15) is 41.5 Å². The van der Waals surface area contributed by atoms with Crippen molar-refractivity contribution in [3.8, 4) is 0 Å². The van der Waals surface area contributed by atoms with E-state index in [0.29, 0.717) is 43.3 Å². The van der Waals surface area contributed by atoms with Crippen molar-refractivity contribution in [3.63, 3.8) is 0 Å². The van der Waals surface area contributed by atoms with Crippen LogP contribution in [0.4, 0.5) is 5.95 Å². The first-order valence-corrected chi connectivity index (χ1v) is 9.07. The van der Waals surface area contributed by atoms with Crippen LogP contribution in [0.15, 0.2) is 42.7 Å². The van der Waals surface area contributed by atoms with Gasteiger partial charge in [-0.05, 0) is 45.0 Å². The van der Waals surface area contributed by atoms with Gasteiger partial charge in [0.25, 0.3) is 11.8 Å². The molecular formula is C20H25N5O2. The predicted molar refractivity (Wildman–Crippen MR) is 104 cm³/mol. The van der Waals surface area contributed by atoms with E-state index >= 15 is 0 Å². The normalized spacial score (nSPS) is 14.8. The second-order valence-corrected chi connectivity index (χ2v) is 7.61. The molecule has 2 heterocycles. The Balaban J connectivity index is 1.65. The van der Waals surface area contributed by atoms with Crippen molar-refractivity contribution in [3.05, 3.63) is 53.9 Å². The Morgan fingerprint density at radius 3 is 2.22 bits per heavy atom. The minimum atomic E-state index is -0.326. The van der Waals surface area contributed by atoms with Crippen LogP contribution in [0, 0.1) is 0 Å². The average Bonchev–Trinajstić information content (AvgIpc) is 2.67. The molecule has 1 aliphatic rings. The molecule has 1 fully saturated rings. The Morgan fingerprint density at radius 2 is 1.59 bits per heavy atom. The lowest BCUT2D eigenvalue weighted by Gasteiger charge is -2.34. The number of carbonyl (C=O) groups excluding carboxylic acids is 2. The first kappa shape index (κ1) is 18.8. The zero-order valence-electron chi connectivity index (χ0n) is 16.0. The van der Waals surface area contributed by atoms with Crippen LogP contribution >= 0.6 is 0 Å². The zero-order chi connectivity index (χ0) is 19.4. The molecule has 0 aliphatic carbocycles. The molecule has 142 valence electrons. The van der Waals surface area contributed by atoms with E-state index in [1.165, 1.54) is 0 Å². The molecule has 27 heavy (non-hydrogen) atoms. The lowest BCUT2D eigenvalue weighted by atomic mass is 10.1. The Kier molecular flexibility index (Phi) is 5.39. The summed E-state index contributed by atoms with van der Waals surface area (Å²) in [5.41, 5.74) is 0.695. The number of anilines is 1. The third-order valence-corrected chi connectivity index (χ3v) is 4.26. The number of nitrogens with zero attached hydrogens (tertiary/aromatic N) is 4. The molecule has 3 rings (SSSR count). The van der Waals surface area contributed by atoms with E-state index in [4.69, 9.17) is 0 Å². The molecule has 1 N–H and O–H groups in total. The third kappa shape index (κ3) is 4.81. The Bertz CT molecular complexity index is 809. The summed E-state index contributed by atoms with van der Waals surface area (Å²) in [5, 5.41) is 2.92. The first-order valence-electron chi connectivity index (χ1n) is 9.07. The highest BCUT2D eigenvalue weighted by molar-refractivity contribution is 6.00. The summed E-state index contributed by atoms with van der Waals surface area (Å²) in [6.07, 6.45) is 3.43. The molecule has 0 saturated carbocycles. The van der Waals surface area contributed by atoms with Gasteiger partial charge in [0.1, 0.15) is 0 Å². The third-order valence-electron chi connectivity index (χ3n) is 4.26. The summed E-state index contributed by atoms with van der Waals surface area (Å²) >= 11 is 0. The van der Waals surface area contributed by atoms with E-state index in [-0.39, 0.29) is 17.4 Å². The summed E-state index contributed by atoms with van der Waals surface area (Å²) in [5.74, 6) is 0.447. The van der Waals surface area contributed by atoms with Gasteiger partial charge in [-0.25, -0.2) is 9.97 Å². The summed E-state index contributed by atoms with van der Waals surface area (Å²) in [7, 11) is 0. The largest absolute Gasteiger partial charge is 0.347 e. The van der Waals surface area contributed by atoms with E-state index in [9.17, 15) is 9.59 Å². The maximum atomic E-state index is 12.8. The van der Waals surface area contributed by atoms with Gasteiger partial charge in [-0.3, -0.25) is 9.59 Å². The van der Waals surface area contributed by atoms with E-state index in [1.807, 2.05) is 20.8 Å². The van der Waals surface area contributed by atoms with Gasteiger partial charge in [0.15, 0.2) is 0 Å². The van der Waals surface area contributed by atoms with Crippen molar-refractivity contribution in [1.82, 2.24) is 20.2 Å². The molecule has 1 aromatic heterocycles. The molecule has 1 aromatic carbocycles. The molecule has 7 heteroatoms. The Morgan fingerprint density at radius 1 is 0.963 bits per heavy atom. The second kappa shape index (κ2) is 7.73. The fourth-order valence-electron chi connectivity index (χ4n) is 2.95. The molecule has 0 spiro atoms. The maximum absolute atomic E-state index is 12.8. The predicted octanol–water partition coefficient (Wildman–Crippen LogP) is 1.97. The number of rotatable bonds is 3. The molecule has 2 amide bonds. The van der Waals surface area contributed by atoms with Crippen LogP contribution in [0.5, 0.6) is 0 Å². The monoisotopic (exact) mass is 367 g/mol. The fraction of sp³-hybridized carbons (Fsp3) is 0.400. The second-order valence-electron chi connectivity index (χ2n) is 7.61. The van der Waals surface area contributed by atoms with Crippen molar-refractivity contribution in [2.75, 3.05) is 31.1 Å². The number of aromatic nitrogens is 2. The highest BCUT2D eigenvalue weighted by Gasteiger charge is 2.24. The summed E-state index contributed by atoms with van der Waals surface area (Å²) < 4.78 is 0. The van der Waals surface area contributed by atoms with E-state index in [0.717, 1.165) is 0 Å². The quantitative estimate of drug-likeness (QED) is 0.897. The lowest BCUT2D eigenvalue weighted by molar-refractivity contribution is 0.0746.